The molecule has 2 bridgehead atoms. The van der Waals surface area contributed by atoms with E-state index in [1.165, 1.54) is 19.3 Å². The van der Waals surface area contributed by atoms with E-state index in [0.717, 1.165) is 18.3 Å². The van der Waals surface area contributed by atoms with Gasteiger partial charge in [0.1, 0.15) is 0 Å². The molecule has 2 nitrogen and oxygen atoms in total. The Morgan fingerprint density at radius 2 is 1.88 bits per heavy atom. The molecule has 0 saturated heterocycles. The van der Waals surface area contributed by atoms with E-state index >= 15 is 0 Å². The summed E-state index contributed by atoms with van der Waals surface area (Å²) in [6.07, 6.45) is 10.0. The normalized spacial score (nSPS) is 27.2. The number of allylic oxidation sites excluding steroid dienone is 2. The summed E-state index contributed by atoms with van der Waals surface area (Å²) in [6.45, 7) is 6.16. The van der Waals surface area contributed by atoms with Crippen LogP contribution in [0.15, 0.2) is 12.2 Å². The zero-order valence-electron chi connectivity index (χ0n) is 10.7. The largest absolute Gasteiger partial charge is 0.466 e. The van der Waals surface area contributed by atoms with Gasteiger partial charge in [0.15, 0.2) is 0 Å². The van der Waals surface area contributed by atoms with E-state index < -0.39 is 0 Å². The summed E-state index contributed by atoms with van der Waals surface area (Å²) < 4.78 is 4.76. The predicted octanol–water partition coefficient (Wildman–Crippen LogP) is 3.57. The van der Waals surface area contributed by atoms with Crippen molar-refractivity contribution < 1.29 is 9.53 Å². The summed E-state index contributed by atoms with van der Waals surface area (Å²) in [7, 11) is 0. The van der Waals surface area contributed by atoms with E-state index in [1.807, 2.05) is 20.8 Å². The molecule has 92 valence electrons. The van der Waals surface area contributed by atoms with Crippen LogP contribution in [0.25, 0.3) is 0 Å². The molecule has 2 aliphatic rings. The first-order chi connectivity index (χ1) is 7.67. The van der Waals surface area contributed by atoms with Crippen LogP contribution in [-0.2, 0) is 9.53 Å². The lowest BCUT2D eigenvalue weighted by atomic mass is 10.1. The molecule has 0 aromatic carbocycles. The second kappa shape index (κ2) is 6.72. The lowest BCUT2D eigenvalue weighted by molar-refractivity contribution is -0.147. The summed E-state index contributed by atoms with van der Waals surface area (Å²) in [4.78, 5) is 10.8. The van der Waals surface area contributed by atoms with Crippen LogP contribution in [0.1, 0.15) is 46.5 Å². The predicted molar refractivity (Wildman–Crippen MR) is 66.1 cm³/mol. The molecule has 0 N–H and O–H groups in total. The maximum absolute atomic E-state index is 10.8. The number of rotatable bonds is 3. The van der Waals surface area contributed by atoms with Gasteiger partial charge in [0.2, 0.25) is 0 Å². The molecular weight excluding hydrogens is 200 g/mol. The standard InChI is InChI=1S/C7H14O2.C7H10/c1-4-6(3)7(8)9-5-2;1-2-7-4-3-6(1)5-7/h6H,4-5H2,1-3H3;1-2,6-7H,3-5H2. The highest BCUT2D eigenvalue weighted by molar-refractivity contribution is 5.71. The number of fused-ring (bicyclic) bond motifs is 2. The molecule has 2 rings (SSSR count). The summed E-state index contributed by atoms with van der Waals surface area (Å²) in [6, 6.07) is 0. The third-order valence-corrected chi connectivity index (χ3v) is 3.47. The fourth-order valence-corrected chi connectivity index (χ4v) is 2.17. The Morgan fingerprint density at radius 3 is 2.12 bits per heavy atom. The average Bonchev–Trinajstić information content (AvgIpc) is 2.93. The van der Waals surface area contributed by atoms with Crippen molar-refractivity contribution in [3.05, 3.63) is 12.2 Å². The molecule has 0 aromatic rings. The Balaban J connectivity index is 0.000000163. The van der Waals surface area contributed by atoms with Crippen molar-refractivity contribution in [1.82, 2.24) is 0 Å². The monoisotopic (exact) mass is 224 g/mol. The van der Waals surface area contributed by atoms with Crippen LogP contribution in [-0.4, -0.2) is 12.6 Å². The minimum Gasteiger partial charge on any atom is -0.466 e. The Morgan fingerprint density at radius 1 is 1.31 bits per heavy atom. The topological polar surface area (TPSA) is 26.3 Å². The summed E-state index contributed by atoms with van der Waals surface area (Å²) in [5.41, 5.74) is 0. The van der Waals surface area contributed by atoms with Gasteiger partial charge in [0.05, 0.1) is 12.5 Å². The number of carbonyl (C=O) groups is 1. The molecule has 1 fully saturated rings. The van der Waals surface area contributed by atoms with Crippen LogP contribution in [0.3, 0.4) is 0 Å². The maximum Gasteiger partial charge on any atom is 0.308 e. The molecule has 0 amide bonds. The van der Waals surface area contributed by atoms with Crippen LogP contribution >= 0.6 is 0 Å². The molecule has 0 spiro atoms. The average molecular weight is 224 g/mol. The van der Waals surface area contributed by atoms with Gasteiger partial charge >= 0.3 is 5.97 Å². The molecule has 0 aliphatic heterocycles. The van der Waals surface area contributed by atoms with Crippen LogP contribution in [0.2, 0.25) is 0 Å². The Bertz CT molecular complexity index is 233. The van der Waals surface area contributed by atoms with Crippen molar-refractivity contribution in [3.63, 3.8) is 0 Å². The summed E-state index contributed by atoms with van der Waals surface area (Å²) >= 11 is 0. The van der Waals surface area contributed by atoms with Gasteiger partial charge in [-0.05, 0) is 44.4 Å². The SMILES string of the molecule is C1=CC2CCC1C2.CCOC(=O)C(C)CC. The van der Waals surface area contributed by atoms with Gasteiger partial charge in [-0.15, -0.1) is 0 Å². The molecule has 2 aliphatic carbocycles. The van der Waals surface area contributed by atoms with Gasteiger partial charge in [-0.2, -0.15) is 0 Å². The van der Waals surface area contributed by atoms with Crippen LogP contribution in [0.5, 0.6) is 0 Å². The van der Waals surface area contributed by atoms with Gasteiger partial charge in [-0.3, -0.25) is 4.79 Å². The van der Waals surface area contributed by atoms with Crippen LogP contribution < -0.4 is 0 Å². The molecule has 2 heteroatoms. The van der Waals surface area contributed by atoms with Gasteiger partial charge in [0, 0.05) is 0 Å². The Labute approximate surface area is 99.1 Å². The number of ether oxygens (including phenoxy) is 1. The highest BCUT2D eigenvalue weighted by atomic mass is 16.5. The summed E-state index contributed by atoms with van der Waals surface area (Å²) in [5, 5.41) is 0. The molecular formula is C14H24O2. The molecule has 16 heavy (non-hydrogen) atoms. The zero-order chi connectivity index (χ0) is 12.0. The highest BCUT2D eigenvalue weighted by Crippen LogP contribution is 2.38. The fourth-order valence-electron chi connectivity index (χ4n) is 2.17. The van der Waals surface area contributed by atoms with Crippen molar-refractivity contribution in [2.75, 3.05) is 6.61 Å². The van der Waals surface area contributed by atoms with E-state index in [9.17, 15) is 4.79 Å². The first kappa shape index (κ1) is 13.3. The second-order valence-electron chi connectivity index (χ2n) is 4.78. The quantitative estimate of drug-likeness (QED) is 0.541. The molecule has 1 saturated carbocycles. The number of carbonyl (C=O) groups excluding carboxylic acids is 1. The Hall–Kier alpha value is -0.790. The lowest BCUT2D eigenvalue weighted by Gasteiger charge is -2.05. The van der Waals surface area contributed by atoms with E-state index in [-0.39, 0.29) is 11.9 Å². The molecule has 3 unspecified atom stereocenters. The minimum absolute atomic E-state index is 0.0601. The first-order valence-corrected chi connectivity index (χ1v) is 6.52. The number of hydrogen-bond donors (Lipinski definition) is 0. The van der Waals surface area contributed by atoms with Crippen LogP contribution in [0.4, 0.5) is 0 Å². The smallest absolute Gasteiger partial charge is 0.308 e. The van der Waals surface area contributed by atoms with Crippen molar-refractivity contribution in [1.29, 1.82) is 0 Å². The lowest BCUT2D eigenvalue weighted by Crippen LogP contribution is -2.13. The maximum atomic E-state index is 10.8. The third-order valence-electron chi connectivity index (χ3n) is 3.47. The van der Waals surface area contributed by atoms with Gasteiger partial charge in [-0.1, -0.05) is 26.0 Å². The van der Waals surface area contributed by atoms with Gasteiger partial charge < -0.3 is 4.74 Å². The Kier molecular flexibility index (Phi) is 5.58. The van der Waals surface area contributed by atoms with E-state index in [2.05, 4.69) is 12.2 Å². The van der Waals surface area contributed by atoms with Crippen molar-refractivity contribution in [3.8, 4) is 0 Å². The molecule has 3 atom stereocenters. The molecule has 0 heterocycles. The van der Waals surface area contributed by atoms with Crippen molar-refractivity contribution in [2.45, 2.75) is 46.5 Å². The van der Waals surface area contributed by atoms with Crippen molar-refractivity contribution >= 4 is 5.97 Å². The zero-order valence-corrected chi connectivity index (χ0v) is 10.7. The third kappa shape index (κ3) is 3.99. The van der Waals surface area contributed by atoms with E-state index in [1.54, 1.807) is 0 Å². The fraction of sp³-hybridized carbons (Fsp3) is 0.786. The molecule has 0 radical (unpaired) electrons. The number of hydrogen-bond acceptors (Lipinski definition) is 2. The summed E-state index contributed by atoms with van der Waals surface area (Å²) in [5.74, 6) is 1.96. The van der Waals surface area contributed by atoms with E-state index in [0.29, 0.717) is 6.61 Å². The van der Waals surface area contributed by atoms with Gasteiger partial charge in [-0.25, -0.2) is 0 Å². The highest BCUT2D eigenvalue weighted by Gasteiger charge is 2.25. The van der Waals surface area contributed by atoms with E-state index in [4.69, 9.17) is 4.74 Å². The van der Waals surface area contributed by atoms with Gasteiger partial charge in [0.25, 0.3) is 0 Å². The number of esters is 1. The minimum atomic E-state index is -0.0833. The van der Waals surface area contributed by atoms with Crippen LogP contribution in [0, 0.1) is 17.8 Å². The molecule has 0 aromatic heterocycles. The van der Waals surface area contributed by atoms with Crippen molar-refractivity contribution in [2.24, 2.45) is 17.8 Å². The second-order valence-corrected chi connectivity index (χ2v) is 4.78. The first-order valence-electron chi connectivity index (χ1n) is 6.52.